The van der Waals surface area contributed by atoms with Gasteiger partial charge in [0.25, 0.3) is 0 Å². The first-order valence-electron chi connectivity index (χ1n) is 11.6. The number of halogens is 1. The summed E-state index contributed by atoms with van der Waals surface area (Å²) in [6, 6.07) is 25.2. The highest BCUT2D eigenvalue weighted by Gasteiger charge is 2.41. The van der Waals surface area contributed by atoms with E-state index in [0.29, 0.717) is 18.4 Å². The van der Waals surface area contributed by atoms with Crippen LogP contribution in [-0.2, 0) is 13.0 Å². The summed E-state index contributed by atoms with van der Waals surface area (Å²) in [5.41, 5.74) is 2.54. The van der Waals surface area contributed by atoms with E-state index in [0.717, 1.165) is 50.4 Å². The summed E-state index contributed by atoms with van der Waals surface area (Å²) < 4.78 is 25.1. The monoisotopic (exact) mass is 431 g/mol. The molecule has 0 bridgehead atoms. The molecule has 3 atom stereocenters. The minimum absolute atomic E-state index is 0.217. The van der Waals surface area contributed by atoms with Gasteiger partial charge in [-0.25, -0.2) is 4.39 Å². The Morgan fingerprint density at radius 1 is 0.750 bits per heavy atom. The van der Waals surface area contributed by atoms with E-state index in [1.54, 1.807) is 12.1 Å². The number of fused-ring (bicyclic) bond motifs is 1. The highest BCUT2D eigenvalue weighted by Crippen LogP contribution is 2.39. The van der Waals surface area contributed by atoms with Crippen molar-refractivity contribution in [3.8, 4) is 11.5 Å². The number of nitrogens with zero attached hydrogens (tertiary/aromatic N) is 1. The maximum Gasteiger partial charge on any atom is 0.123 e. The quantitative estimate of drug-likeness (QED) is 0.454. The van der Waals surface area contributed by atoms with Gasteiger partial charge in [-0.05, 0) is 78.6 Å². The van der Waals surface area contributed by atoms with Crippen LogP contribution in [0.3, 0.4) is 0 Å². The first-order chi connectivity index (χ1) is 15.7. The normalized spacial score (nSPS) is 22.6. The summed E-state index contributed by atoms with van der Waals surface area (Å²) in [5.74, 6) is 2.92. The standard InChI is InChI=1S/C28H30FNO2/c29-25-8-12-27(13-9-25)32-28-16-23-18-30(19-24(23)17-28)15-14-21-6-10-26(11-7-21)31-20-22-4-2-1-3-5-22/h1-13,23-24,28H,14-20H2/t23-,24?,28?/m1/s1. The number of hydrogen-bond acceptors (Lipinski definition) is 3. The van der Waals surface area contributed by atoms with E-state index in [1.165, 1.54) is 23.3 Å². The average molecular weight is 432 g/mol. The minimum atomic E-state index is -0.217. The van der Waals surface area contributed by atoms with Crippen molar-refractivity contribution in [2.24, 2.45) is 11.8 Å². The maximum atomic E-state index is 13.1. The van der Waals surface area contributed by atoms with E-state index >= 15 is 0 Å². The Labute approximate surface area is 189 Å². The molecule has 0 amide bonds. The Kier molecular flexibility index (Phi) is 6.40. The zero-order valence-electron chi connectivity index (χ0n) is 18.3. The van der Waals surface area contributed by atoms with Crippen molar-refractivity contribution in [2.45, 2.75) is 32.0 Å². The Morgan fingerprint density at radius 2 is 1.41 bits per heavy atom. The second kappa shape index (κ2) is 9.74. The molecule has 3 nitrogen and oxygen atoms in total. The van der Waals surface area contributed by atoms with Gasteiger partial charge in [-0.15, -0.1) is 0 Å². The molecule has 1 aliphatic carbocycles. The molecule has 0 spiro atoms. The summed E-state index contributed by atoms with van der Waals surface area (Å²) in [6.45, 7) is 4.02. The summed E-state index contributed by atoms with van der Waals surface area (Å²) in [6.07, 6.45) is 3.53. The maximum absolute atomic E-state index is 13.1. The molecule has 0 radical (unpaired) electrons. The molecule has 32 heavy (non-hydrogen) atoms. The predicted octanol–water partition coefficient (Wildman–Crippen LogP) is 5.74. The zero-order valence-corrected chi connectivity index (χ0v) is 18.3. The molecule has 1 saturated heterocycles. The Balaban J connectivity index is 1.04. The van der Waals surface area contributed by atoms with Gasteiger partial charge in [0, 0.05) is 19.6 Å². The molecule has 2 fully saturated rings. The summed E-state index contributed by atoms with van der Waals surface area (Å²) in [7, 11) is 0. The molecule has 166 valence electrons. The zero-order chi connectivity index (χ0) is 21.8. The first-order valence-corrected chi connectivity index (χ1v) is 11.6. The average Bonchev–Trinajstić information content (AvgIpc) is 3.37. The second-order valence-corrected chi connectivity index (χ2v) is 9.11. The van der Waals surface area contributed by atoms with E-state index < -0.39 is 0 Å². The third kappa shape index (κ3) is 5.31. The molecule has 1 aliphatic heterocycles. The van der Waals surface area contributed by atoms with E-state index in [4.69, 9.17) is 9.47 Å². The lowest BCUT2D eigenvalue weighted by Crippen LogP contribution is -2.26. The Morgan fingerprint density at radius 3 is 2.09 bits per heavy atom. The van der Waals surface area contributed by atoms with Gasteiger partial charge in [0.1, 0.15) is 23.9 Å². The molecule has 1 heterocycles. The van der Waals surface area contributed by atoms with E-state index in [1.807, 2.05) is 18.2 Å². The van der Waals surface area contributed by atoms with Crippen molar-refractivity contribution in [1.82, 2.24) is 4.90 Å². The molecule has 4 heteroatoms. The number of rotatable bonds is 8. The minimum Gasteiger partial charge on any atom is -0.490 e. The molecule has 3 aromatic carbocycles. The second-order valence-electron chi connectivity index (χ2n) is 9.11. The lowest BCUT2D eigenvalue weighted by Gasteiger charge is -2.20. The van der Waals surface area contributed by atoms with Crippen molar-refractivity contribution in [1.29, 1.82) is 0 Å². The molecule has 5 rings (SSSR count). The summed E-state index contributed by atoms with van der Waals surface area (Å²) >= 11 is 0. The van der Waals surface area contributed by atoms with Gasteiger partial charge in [-0.3, -0.25) is 0 Å². The number of hydrogen-bond donors (Lipinski definition) is 0. The third-order valence-corrected chi connectivity index (χ3v) is 6.79. The van der Waals surface area contributed by atoms with Crippen LogP contribution in [0.5, 0.6) is 11.5 Å². The van der Waals surface area contributed by atoms with Gasteiger partial charge in [0.15, 0.2) is 0 Å². The van der Waals surface area contributed by atoms with E-state index in [9.17, 15) is 4.39 Å². The molecule has 2 aliphatic rings. The van der Waals surface area contributed by atoms with Crippen LogP contribution in [0, 0.1) is 17.7 Å². The van der Waals surface area contributed by atoms with E-state index in [-0.39, 0.29) is 11.9 Å². The van der Waals surface area contributed by atoms with Crippen LogP contribution in [0.1, 0.15) is 24.0 Å². The predicted molar refractivity (Wildman–Crippen MR) is 124 cm³/mol. The van der Waals surface area contributed by atoms with Gasteiger partial charge in [0.05, 0.1) is 6.10 Å². The number of likely N-dealkylation sites (tertiary alicyclic amines) is 1. The molecule has 3 aromatic rings. The molecule has 0 N–H and O–H groups in total. The van der Waals surface area contributed by atoms with Gasteiger partial charge < -0.3 is 14.4 Å². The Hall–Kier alpha value is -2.85. The van der Waals surface area contributed by atoms with Crippen LogP contribution in [0.25, 0.3) is 0 Å². The molecular formula is C28H30FNO2. The smallest absolute Gasteiger partial charge is 0.123 e. The van der Waals surface area contributed by atoms with Gasteiger partial charge in [0.2, 0.25) is 0 Å². The van der Waals surface area contributed by atoms with Crippen molar-refractivity contribution < 1.29 is 13.9 Å². The van der Waals surface area contributed by atoms with Gasteiger partial charge in [-0.2, -0.15) is 0 Å². The molecule has 1 saturated carbocycles. The van der Waals surface area contributed by atoms with Gasteiger partial charge in [-0.1, -0.05) is 42.5 Å². The van der Waals surface area contributed by atoms with Gasteiger partial charge >= 0.3 is 0 Å². The summed E-state index contributed by atoms with van der Waals surface area (Å²) in [5, 5.41) is 0. The third-order valence-electron chi connectivity index (χ3n) is 6.79. The lowest BCUT2D eigenvalue weighted by atomic mass is 10.0. The number of benzene rings is 3. The van der Waals surface area contributed by atoms with E-state index in [2.05, 4.69) is 41.3 Å². The van der Waals surface area contributed by atoms with Crippen molar-refractivity contribution in [2.75, 3.05) is 19.6 Å². The largest absolute Gasteiger partial charge is 0.490 e. The SMILES string of the molecule is Fc1ccc(OC2CC3CN(CCc4ccc(OCc5ccccc5)cc4)C[C@H]3C2)cc1. The van der Waals surface area contributed by atoms with Crippen LogP contribution in [0.15, 0.2) is 78.9 Å². The van der Waals surface area contributed by atoms with Crippen molar-refractivity contribution in [3.63, 3.8) is 0 Å². The number of ether oxygens (including phenoxy) is 2. The molecule has 2 unspecified atom stereocenters. The topological polar surface area (TPSA) is 21.7 Å². The van der Waals surface area contributed by atoms with Crippen molar-refractivity contribution >= 4 is 0 Å². The molecular weight excluding hydrogens is 401 g/mol. The van der Waals surface area contributed by atoms with Crippen LogP contribution in [0.2, 0.25) is 0 Å². The molecule has 0 aromatic heterocycles. The fourth-order valence-corrected chi connectivity index (χ4v) is 5.11. The van der Waals surface area contributed by atoms with Crippen LogP contribution >= 0.6 is 0 Å². The fraction of sp³-hybridized carbons (Fsp3) is 0.357. The Bertz CT molecular complexity index is 976. The van der Waals surface area contributed by atoms with Crippen LogP contribution < -0.4 is 9.47 Å². The summed E-state index contributed by atoms with van der Waals surface area (Å²) in [4.78, 5) is 2.60. The van der Waals surface area contributed by atoms with Crippen molar-refractivity contribution in [3.05, 3.63) is 95.8 Å². The lowest BCUT2D eigenvalue weighted by molar-refractivity contribution is 0.186. The fourth-order valence-electron chi connectivity index (χ4n) is 5.11. The van der Waals surface area contributed by atoms with Crippen LogP contribution in [-0.4, -0.2) is 30.6 Å². The van der Waals surface area contributed by atoms with Crippen LogP contribution in [0.4, 0.5) is 4.39 Å². The highest BCUT2D eigenvalue weighted by atomic mass is 19.1. The highest BCUT2D eigenvalue weighted by molar-refractivity contribution is 5.28. The first kappa shape index (κ1) is 21.0.